The van der Waals surface area contributed by atoms with Crippen LogP contribution in [0.1, 0.15) is 11.1 Å². The fourth-order valence-electron chi connectivity index (χ4n) is 3.47. The van der Waals surface area contributed by atoms with Crippen LogP contribution in [0, 0.1) is 0 Å². The first-order chi connectivity index (χ1) is 17.4. The lowest BCUT2D eigenvalue weighted by atomic mass is 10.2. The summed E-state index contributed by atoms with van der Waals surface area (Å²) in [4.78, 5) is 50.4. The molecule has 0 aliphatic rings. The quantitative estimate of drug-likeness (QED) is 0.383. The zero-order valence-electron chi connectivity index (χ0n) is 20.0. The molecular formula is C26H28N4O6. The van der Waals surface area contributed by atoms with Gasteiger partial charge in [-0.25, -0.2) is 28.1 Å². The van der Waals surface area contributed by atoms with Crippen LogP contribution in [-0.2, 0) is 37.6 Å². The van der Waals surface area contributed by atoms with Crippen molar-refractivity contribution < 1.29 is 14.3 Å². The second-order valence-corrected chi connectivity index (χ2v) is 7.77. The molecule has 0 saturated heterocycles. The molecule has 3 rings (SSSR count). The lowest BCUT2D eigenvalue weighted by Gasteiger charge is -2.14. The SMILES string of the molecule is C=CCn1c(=O)n(CC=C)c(=O)n(CC(=O)NCc2ccc(OCc3ccccc3)c(OC)c2)c1=O. The molecule has 1 N–H and O–H groups in total. The van der Waals surface area contributed by atoms with Crippen molar-refractivity contribution in [1.82, 2.24) is 19.0 Å². The molecular weight excluding hydrogens is 464 g/mol. The Balaban J connectivity index is 1.72. The van der Waals surface area contributed by atoms with E-state index in [2.05, 4.69) is 18.5 Å². The summed E-state index contributed by atoms with van der Waals surface area (Å²) in [6.07, 6.45) is 2.72. The maximum Gasteiger partial charge on any atom is 0.337 e. The molecule has 0 atom stereocenters. The molecule has 10 heteroatoms. The normalized spacial score (nSPS) is 10.5. The van der Waals surface area contributed by atoms with E-state index in [1.807, 2.05) is 30.3 Å². The molecule has 0 aliphatic carbocycles. The number of allylic oxidation sites excluding steroid dienone is 2. The third-order valence-electron chi connectivity index (χ3n) is 5.27. The average molecular weight is 493 g/mol. The Morgan fingerprint density at radius 2 is 1.47 bits per heavy atom. The molecule has 1 aromatic heterocycles. The molecule has 0 fully saturated rings. The molecule has 0 saturated carbocycles. The zero-order valence-corrected chi connectivity index (χ0v) is 20.0. The van der Waals surface area contributed by atoms with Crippen LogP contribution in [0.5, 0.6) is 11.5 Å². The predicted octanol–water partition coefficient (Wildman–Crippen LogP) is 1.45. The number of nitrogens with zero attached hydrogens (tertiary/aromatic N) is 3. The van der Waals surface area contributed by atoms with E-state index in [-0.39, 0.29) is 19.6 Å². The number of benzene rings is 2. The van der Waals surface area contributed by atoms with Gasteiger partial charge in [0, 0.05) is 6.54 Å². The summed E-state index contributed by atoms with van der Waals surface area (Å²) >= 11 is 0. The Labute approximate surface area is 207 Å². The molecule has 0 aliphatic heterocycles. The van der Waals surface area contributed by atoms with Crippen LogP contribution >= 0.6 is 0 Å². The van der Waals surface area contributed by atoms with Crippen LogP contribution in [0.15, 0.2) is 88.2 Å². The van der Waals surface area contributed by atoms with E-state index < -0.39 is 29.5 Å². The summed E-state index contributed by atoms with van der Waals surface area (Å²) < 4.78 is 13.6. The van der Waals surface area contributed by atoms with Gasteiger partial charge in [0.1, 0.15) is 13.2 Å². The number of carbonyl (C=O) groups excluding carboxylic acids is 1. The third kappa shape index (κ3) is 6.09. The molecule has 0 radical (unpaired) electrons. The standard InChI is InChI=1S/C26H28N4O6/c1-4-13-28-24(32)29(14-5-2)26(34)30(25(28)33)17-23(31)27-16-20-11-12-21(22(15-20)35-3)36-18-19-9-7-6-8-10-19/h4-12,15H,1-2,13-14,16-18H2,3H3,(H,27,31). The Morgan fingerprint density at radius 1 is 0.861 bits per heavy atom. The minimum atomic E-state index is -0.887. The summed E-state index contributed by atoms with van der Waals surface area (Å²) in [6.45, 7) is 6.78. The van der Waals surface area contributed by atoms with Gasteiger partial charge >= 0.3 is 17.1 Å². The fraction of sp³-hybridized carbons (Fsp3) is 0.231. The zero-order chi connectivity index (χ0) is 26.1. The number of aromatic nitrogens is 3. The maximum absolute atomic E-state index is 12.7. The molecule has 188 valence electrons. The van der Waals surface area contributed by atoms with Gasteiger partial charge in [-0.3, -0.25) is 4.79 Å². The Hall–Kier alpha value is -4.60. The van der Waals surface area contributed by atoms with E-state index in [1.165, 1.54) is 19.3 Å². The van der Waals surface area contributed by atoms with E-state index in [9.17, 15) is 19.2 Å². The van der Waals surface area contributed by atoms with E-state index in [0.717, 1.165) is 20.3 Å². The Morgan fingerprint density at radius 3 is 2.06 bits per heavy atom. The van der Waals surface area contributed by atoms with Crippen LogP contribution in [-0.4, -0.2) is 26.7 Å². The fourth-order valence-corrected chi connectivity index (χ4v) is 3.47. The highest BCUT2D eigenvalue weighted by molar-refractivity contribution is 5.75. The highest BCUT2D eigenvalue weighted by Crippen LogP contribution is 2.28. The largest absolute Gasteiger partial charge is 0.493 e. The minimum absolute atomic E-state index is 0.102. The molecule has 1 amide bonds. The van der Waals surface area contributed by atoms with Crippen molar-refractivity contribution in [2.45, 2.75) is 32.8 Å². The highest BCUT2D eigenvalue weighted by atomic mass is 16.5. The van der Waals surface area contributed by atoms with Crippen molar-refractivity contribution in [1.29, 1.82) is 0 Å². The molecule has 0 bridgehead atoms. The number of amides is 1. The van der Waals surface area contributed by atoms with Gasteiger partial charge in [0.15, 0.2) is 11.5 Å². The number of carbonyl (C=O) groups is 1. The number of nitrogens with one attached hydrogen (secondary N) is 1. The molecule has 36 heavy (non-hydrogen) atoms. The number of methoxy groups -OCH3 is 1. The average Bonchev–Trinajstić information content (AvgIpc) is 2.90. The predicted molar refractivity (Wildman–Crippen MR) is 135 cm³/mol. The van der Waals surface area contributed by atoms with Gasteiger partial charge in [-0.1, -0.05) is 48.6 Å². The van der Waals surface area contributed by atoms with Crippen molar-refractivity contribution in [3.8, 4) is 11.5 Å². The Kier molecular flexibility index (Phi) is 8.82. The monoisotopic (exact) mass is 492 g/mol. The second-order valence-electron chi connectivity index (χ2n) is 7.77. The summed E-state index contributed by atoms with van der Waals surface area (Å²) in [7, 11) is 1.52. The van der Waals surface area contributed by atoms with E-state index >= 15 is 0 Å². The van der Waals surface area contributed by atoms with Crippen LogP contribution < -0.4 is 31.9 Å². The van der Waals surface area contributed by atoms with Crippen LogP contribution in [0.4, 0.5) is 0 Å². The number of hydrogen-bond donors (Lipinski definition) is 1. The molecule has 2 aromatic carbocycles. The van der Waals surface area contributed by atoms with E-state index in [1.54, 1.807) is 18.2 Å². The van der Waals surface area contributed by atoms with Gasteiger partial charge in [0.2, 0.25) is 5.91 Å². The molecule has 3 aromatic rings. The number of ether oxygens (including phenoxy) is 2. The first-order valence-corrected chi connectivity index (χ1v) is 11.2. The molecule has 0 spiro atoms. The first kappa shape index (κ1) is 26.0. The van der Waals surface area contributed by atoms with E-state index in [0.29, 0.717) is 22.7 Å². The minimum Gasteiger partial charge on any atom is -0.493 e. The van der Waals surface area contributed by atoms with Crippen molar-refractivity contribution in [3.63, 3.8) is 0 Å². The van der Waals surface area contributed by atoms with Crippen LogP contribution in [0.3, 0.4) is 0 Å². The summed E-state index contributed by atoms with van der Waals surface area (Å²) in [6, 6.07) is 14.9. The lowest BCUT2D eigenvalue weighted by molar-refractivity contribution is -0.122. The van der Waals surface area contributed by atoms with Gasteiger partial charge in [0.05, 0.1) is 20.2 Å². The maximum atomic E-state index is 12.7. The van der Waals surface area contributed by atoms with Crippen LogP contribution in [0.25, 0.3) is 0 Å². The smallest absolute Gasteiger partial charge is 0.337 e. The van der Waals surface area contributed by atoms with Gasteiger partial charge in [-0.05, 0) is 23.3 Å². The van der Waals surface area contributed by atoms with Gasteiger partial charge < -0.3 is 14.8 Å². The number of rotatable bonds is 12. The Bertz CT molecular complexity index is 1370. The highest BCUT2D eigenvalue weighted by Gasteiger charge is 2.16. The van der Waals surface area contributed by atoms with Crippen molar-refractivity contribution in [2.24, 2.45) is 0 Å². The first-order valence-electron chi connectivity index (χ1n) is 11.2. The van der Waals surface area contributed by atoms with Crippen LogP contribution in [0.2, 0.25) is 0 Å². The topological polar surface area (TPSA) is 114 Å². The van der Waals surface area contributed by atoms with E-state index in [4.69, 9.17) is 9.47 Å². The van der Waals surface area contributed by atoms with Gasteiger partial charge in [-0.15, -0.1) is 13.2 Å². The second kappa shape index (κ2) is 12.2. The molecule has 0 unspecified atom stereocenters. The molecule has 1 heterocycles. The van der Waals surface area contributed by atoms with Crippen molar-refractivity contribution in [2.75, 3.05) is 7.11 Å². The third-order valence-corrected chi connectivity index (χ3v) is 5.27. The van der Waals surface area contributed by atoms with Gasteiger partial charge in [-0.2, -0.15) is 0 Å². The van der Waals surface area contributed by atoms with Crippen molar-refractivity contribution >= 4 is 5.91 Å². The van der Waals surface area contributed by atoms with Gasteiger partial charge in [0.25, 0.3) is 0 Å². The van der Waals surface area contributed by atoms with Crippen molar-refractivity contribution in [3.05, 3.63) is 116 Å². The summed E-state index contributed by atoms with van der Waals surface area (Å²) in [5.41, 5.74) is -0.829. The summed E-state index contributed by atoms with van der Waals surface area (Å²) in [5, 5.41) is 2.68. The summed E-state index contributed by atoms with van der Waals surface area (Å²) in [5.74, 6) is 0.472. The number of hydrogen-bond acceptors (Lipinski definition) is 6. The lowest BCUT2D eigenvalue weighted by Crippen LogP contribution is -2.55. The molecule has 10 nitrogen and oxygen atoms in total.